The Balaban J connectivity index is 1.77. The number of aliphatic hydroxyl groups excluding tert-OH is 1. The van der Waals surface area contributed by atoms with Crippen molar-refractivity contribution in [1.29, 1.82) is 0 Å². The molecule has 1 saturated carbocycles. The number of piperidine rings is 1. The third-order valence-corrected chi connectivity index (χ3v) is 8.97. The molecule has 6 nitrogen and oxygen atoms in total. The van der Waals surface area contributed by atoms with Crippen LogP contribution in [-0.2, 0) is 15.1 Å². The highest BCUT2D eigenvalue weighted by molar-refractivity contribution is 6.31. The monoisotopic (exact) mass is 558 g/mol. The van der Waals surface area contributed by atoms with Crippen LogP contribution in [0.15, 0.2) is 12.1 Å². The van der Waals surface area contributed by atoms with Crippen LogP contribution in [0.1, 0.15) is 76.2 Å². The quantitative estimate of drug-likeness (QED) is 0.234. The fourth-order valence-electron chi connectivity index (χ4n) is 6.44. The lowest BCUT2D eigenvalue weighted by molar-refractivity contribution is -0.139. The average Bonchev–Trinajstić information content (AvgIpc) is 2.94. The van der Waals surface area contributed by atoms with Gasteiger partial charge in [0.15, 0.2) is 5.82 Å². The molecule has 216 valence electrons. The lowest BCUT2D eigenvalue weighted by atomic mass is 9.73. The van der Waals surface area contributed by atoms with E-state index >= 15 is 4.39 Å². The molecular weight excluding hydrogens is 514 g/mol. The van der Waals surface area contributed by atoms with Crippen molar-refractivity contribution in [3.63, 3.8) is 0 Å². The molecule has 1 aliphatic heterocycles. The Morgan fingerprint density at radius 1 is 1.21 bits per heavy atom. The molecule has 0 radical (unpaired) electrons. The number of nitrogens with one attached hydrogen (secondary N) is 1. The van der Waals surface area contributed by atoms with E-state index in [1.165, 1.54) is 12.5 Å². The van der Waals surface area contributed by atoms with E-state index in [0.29, 0.717) is 45.4 Å². The van der Waals surface area contributed by atoms with Gasteiger partial charge in [0, 0.05) is 57.2 Å². The first-order valence-corrected chi connectivity index (χ1v) is 14.6. The summed E-state index contributed by atoms with van der Waals surface area (Å²) in [5, 5.41) is 25.6. The van der Waals surface area contributed by atoms with Crippen LogP contribution in [0.25, 0.3) is 0 Å². The molecule has 1 aromatic rings. The second kappa shape index (κ2) is 14.9. The number of nitrogens with zero attached hydrogens (tertiary/aromatic N) is 1. The number of halogens is 3. The number of carbonyl (C=O) groups is 1. The summed E-state index contributed by atoms with van der Waals surface area (Å²) in [5.41, 5.74) is -1.64. The van der Waals surface area contributed by atoms with Crippen molar-refractivity contribution in [2.45, 2.75) is 82.3 Å². The van der Waals surface area contributed by atoms with Crippen LogP contribution in [-0.4, -0.2) is 67.5 Å². The van der Waals surface area contributed by atoms with Gasteiger partial charge in [0.1, 0.15) is 10.8 Å². The van der Waals surface area contributed by atoms with Crippen molar-refractivity contribution in [2.75, 3.05) is 40.4 Å². The zero-order chi connectivity index (χ0) is 27.7. The summed E-state index contributed by atoms with van der Waals surface area (Å²) in [4.78, 5) is 15.2. The van der Waals surface area contributed by atoms with Crippen molar-refractivity contribution in [3.05, 3.63) is 34.4 Å². The number of unbranched alkanes of at least 4 members (excludes halogenated alkanes) is 1. The van der Waals surface area contributed by atoms with Crippen LogP contribution in [0, 0.1) is 29.4 Å². The van der Waals surface area contributed by atoms with Crippen LogP contribution in [0.5, 0.6) is 0 Å². The minimum atomic E-state index is -1.61. The molecule has 1 heterocycles. The van der Waals surface area contributed by atoms with E-state index in [2.05, 4.69) is 5.32 Å². The zero-order valence-electron chi connectivity index (χ0n) is 22.9. The van der Waals surface area contributed by atoms with Crippen LogP contribution >= 0.6 is 11.6 Å². The molecule has 38 heavy (non-hydrogen) atoms. The van der Waals surface area contributed by atoms with Crippen LogP contribution in [0.3, 0.4) is 0 Å². The van der Waals surface area contributed by atoms with Gasteiger partial charge >= 0.3 is 0 Å². The molecule has 1 aliphatic carbocycles. The third kappa shape index (κ3) is 7.66. The highest BCUT2D eigenvalue weighted by Gasteiger charge is 2.43. The third-order valence-electron chi connectivity index (χ3n) is 8.63. The maximum absolute atomic E-state index is 15.2. The largest absolute Gasteiger partial charge is 0.392 e. The van der Waals surface area contributed by atoms with Crippen molar-refractivity contribution in [3.8, 4) is 0 Å². The minimum absolute atomic E-state index is 0.0265. The van der Waals surface area contributed by atoms with Crippen molar-refractivity contribution < 1.29 is 28.5 Å². The summed E-state index contributed by atoms with van der Waals surface area (Å²) in [7, 11) is 3.43. The molecule has 3 N–H and O–H groups in total. The SMILES string of the molecule is CNC[C@@H](CC(=O)N1CCC[C@@H]([C@@](O)(CCCCOC)c2ccc(F)c(Cl)c2F)C1)[C@@H](O)C1CCCCC1. The Labute approximate surface area is 231 Å². The minimum Gasteiger partial charge on any atom is -0.392 e. The van der Waals surface area contributed by atoms with Crippen molar-refractivity contribution in [1.82, 2.24) is 10.2 Å². The normalized spacial score (nSPS) is 22.2. The lowest BCUT2D eigenvalue weighted by Crippen LogP contribution is -2.49. The molecule has 0 aromatic heterocycles. The van der Waals surface area contributed by atoms with Crippen LogP contribution < -0.4 is 5.32 Å². The number of hydrogen-bond donors (Lipinski definition) is 3. The van der Waals surface area contributed by atoms with E-state index in [-0.39, 0.29) is 42.7 Å². The molecule has 0 bridgehead atoms. The number of benzene rings is 1. The van der Waals surface area contributed by atoms with Crippen LogP contribution in [0.2, 0.25) is 5.02 Å². The second-order valence-electron chi connectivity index (χ2n) is 11.2. The second-order valence-corrected chi connectivity index (χ2v) is 11.6. The number of likely N-dealkylation sites (tertiary alicyclic amines) is 1. The molecule has 1 aromatic carbocycles. The summed E-state index contributed by atoms with van der Waals surface area (Å²) in [6, 6.07) is 2.36. The first kappa shape index (κ1) is 31.2. The Kier molecular flexibility index (Phi) is 12.2. The summed E-state index contributed by atoms with van der Waals surface area (Å²) >= 11 is 5.90. The van der Waals surface area contributed by atoms with E-state index in [9.17, 15) is 19.4 Å². The summed E-state index contributed by atoms with van der Waals surface area (Å²) < 4.78 is 34.3. The Morgan fingerprint density at radius 3 is 2.63 bits per heavy atom. The molecule has 9 heteroatoms. The highest BCUT2D eigenvalue weighted by atomic mass is 35.5. The van der Waals surface area contributed by atoms with Gasteiger partial charge in [0.2, 0.25) is 5.91 Å². The summed E-state index contributed by atoms with van der Waals surface area (Å²) in [6.45, 7) is 1.87. The fraction of sp³-hybridized carbons (Fsp3) is 0.759. The fourth-order valence-corrected chi connectivity index (χ4v) is 6.61. The van der Waals surface area contributed by atoms with Crippen molar-refractivity contribution in [2.24, 2.45) is 17.8 Å². The van der Waals surface area contributed by atoms with Gasteiger partial charge in [0.05, 0.1) is 11.7 Å². The van der Waals surface area contributed by atoms with Crippen molar-refractivity contribution >= 4 is 17.5 Å². The number of ether oxygens (including phenoxy) is 1. The van der Waals surface area contributed by atoms with Gasteiger partial charge < -0.3 is 25.2 Å². The molecule has 0 unspecified atom stereocenters. The van der Waals surface area contributed by atoms with Gasteiger partial charge in [-0.25, -0.2) is 8.78 Å². The number of aliphatic hydroxyl groups is 2. The first-order chi connectivity index (χ1) is 18.2. The number of carbonyl (C=O) groups excluding carboxylic acids is 1. The van der Waals surface area contributed by atoms with E-state index in [1.54, 1.807) is 12.0 Å². The molecule has 2 fully saturated rings. The number of hydrogen-bond acceptors (Lipinski definition) is 5. The lowest BCUT2D eigenvalue weighted by Gasteiger charge is -2.43. The van der Waals surface area contributed by atoms with Gasteiger partial charge in [-0.05, 0) is 64.0 Å². The first-order valence-electron chi connectivity index (χ1n) is 14.2. The van der Waals surface area contributed by atoms with E-state index in [1.807, 2.05) is 7.05 Å². The van der Waals surface area contributed by atoms with E-state index in [4.69, 9.17) is 16.3 Å². The maximum Gasteiger partial charge on any atom is 0.223 e. The maximum atomic E-state index is 15.2. The van der Waals surface area contributed by atoms with Gasteiger partial charge in [-0.3, -0.25) is 4.79 Å². The van der Waals surface area contributed by atoms with E-state index < -0.39 is 34.3 Å². The molecular formula is C29H45ClF2N2O4. The van der Waals surface area contributed by atoms with Crippen LogP contribution in [0.4, 0.5) is 8.78 Å². The molecule has 3 rings (SSSR count). The molecule has 0 spiro atoms. The predicted molar refractivity (Wildman–Crippen MR) is 145 cm³/mol. The van der Waals surface area contributed by atoms with E-state index in [0.717, 1.165) is 31.7 Å². The smallest absolute Gasteiger partial charge is 0.223 e. The molecule has 1 amide bonds. The topological polar surface area (TPSA) is 82.0 Å². The van der Waals surface area contributed by atoms with Gasteiger partial charge in [-0.15, -0.1) is 0 Å². The average molecular weight is 559 g/mol. The summed E-state index contributed by atoms with van der Waals surface area (Å²) in [6.07, 6.45) is 7.83. The van der Waals surface area contributed by atoms with Gasteiger partial charge in [-0.1, -0.05) is 36.9 Å². The summed E-state index contributed by atoms with van der Waals surface area (Å²) in [5.74, 6) is -2.31. The molecule has 1 saturated heterocycles. The highest BCUT2D eigenvalue weighted by Crippen LogP contribution is 2.42. The molecule has 2 aliphatic rings. The number of rotatable bonds is 13. The predicted octanol–water partition coefficient (Wildman–Crippen LogP) is 5.03. The number of amides is 1. The van der Waals surface area contributed by atoms with Gasteiger partial charge in [0.25, 0.3) is 0 Å². The Hall–Kier alpha value is -1.32. The standard InChI is InChI=1S/C29H45ClF2N2O4/c1-33-18-21(28(36)20-9-4-3-5-10-20)17-25(35)34-15-8-11-22(19-34)29(37,14-6-7-16-38-2)23-12-13-24(31)26(30)27(23)32/h12-13,20-22,28,33,36-37H,3-11,14-19H2,1-2H3/t21-,22-,28+,29+/m1/s1. The Bertz CT molecular complexity index is 902. The number of methoxy groups -OCH3 is 1. The van der Waals surface area contributed by atoms with Gasteiger partial charge in [-0.2, -0.15) is 0 Å². The molecule has 4 atom stereocenters. The zero-order valence-corrected chi connectivity index (χ0v) is 23.6. The Morgan fingerprint density at radius 2 is 1.95 bits per heavy atom.